The van der Waals surface area contributed by atoms with E-state index in [-0.39, 0.29) is 69.8 Å². The molecule has 8 rings (SSSR count). The Morgan fingerprint density at radius 3 is 2.11 bits per heavy atom. The Morgan fingerprint density at radius 2 is 1.49 bits per heavy atom. The lowest BCUT2D eigenvalue weighted by Crippen LogP contribution is -2.64. The van der Waals surface area contributed by atoms with Gasteiger partial charge in [0.2, 0.25) is 0 Å². The van der Waals surface area contributed by atoms with Gasteiger partial charge in [0.25, 0.3) is 0 Å². The standard InChI is InChI=1S/C68H103Cl2N5O19/c1-17-55-68(12)60(75(81,38-86-68)28-20-25-74(37-49-50(69)35-71-36-51(49)70)47-23-24-53(82-14)54(32-47)91-48-21-18-19-22-48)41(4)57(78)39(2)33-66(10,83-15)61(94-64-59(89-45(8)76)52(31-40(3)87-64)72(13)65(80)73-26-29-85-30-27-73)42(5)58(43(6)63(79)92-55)93-56-34-67(11,84-16)62(44(7)88-56)90-46(9)77/h23-24,32,35-36,39-44,48,52,55-56,58-62,64H,17-22,25-31,33-34,37-38H2,1-16H3/t39-,40-,41+,42+,43-,44+,52+,55-,56+,58+,59-,60-,61-,62+,64?,66-,67-,68?,75?/m1/s1. The first-order valence-electron chi connectivity index (χ1n) is 33.4. The Kier molecular flexibility index (Phi) is 25.5. The molecule has 26 heteroatoms. The number of cyclic esters (lactones) is 1. The van der Waals surface area contributed by atoms with Crippen LogP contribution in [0.5, 0.6) is 11.5 Å². The molecule has 2 amide bonds. The summed E-state index contributed by atoms with van der Waals surface area (Å²) in [5, 5.41) is 17.0. The summed E-state index contributed by atoms with van der Waals surface area (Å²) in [5.41, 5.74) is -2.75. The SMILES string of the molecule is CC[C@H]1OC(=O)[C@H](C)[C@@H](O[C@H]2C[C@@](C)(OC)[C@@H](OC(C)=O)[C@H](C)O2)[C@H](C)[C@@H](OC2O[C@H](C)C[C@H](N(C)C(=O)N3CCOCC3)[C@H]2OC(C)=O)[C@](C)(OC)C[C@@H](C)C(=O)[C@H](C)[C@@H]2C1(C)OC[N+]2([O-])CCCN(Cc1c(Cl)cncc1Cl)c1ccc(OC)c(OC2CCCC2)c1. The van der Waals surface area contributed by atoms with Crippen LogP contribution in [0, 0.1) is 28.9 Å². The van der Waals surface area contributed by atoms with E-state index in [0.29, 0.717) is 60.0 Å². The van der Waals surface area contributed by atoms with Crippen LogP contribution in [0.3, 0.4) is 0 Å². The Morgan fingerprint density at radius 1 is 0.840 bits per heavy atom. The second-order valence-corrected chi connectivity index (χ2v) is 28.3. The third-order valence-corrected chi connectivity index (χ3v) is 21.3. The van der Waals surface area contributed by atoms with Crippen LogP contribution in [0.2, 0.25) is 10.0 Å². The number of methoxy groups -OCH3 is 3. The largest absolute Gasteiger partial charge is 0.631 e. The van der Waals surface area contributed by atoms with Crippen LogP contribution < -0.4 is 14.4 Å². The van der Waals surface area contributed by atoms with Crippen molar-refractivity contribution >= 4 is 58.6 Å². The van der Waals surface area contributed by atoms with Crippen molar-refractivity contribution in [3.63, 3.8) is 0 Å². The third kappa shape index (κ3) is 16.7. The van der Waals surface area contributed by atoms with Gasteiger partial charge in [-0.3, -0.25) is 24.2 Å². The molecule has 0 spiro atoms. The van der Waals surface area contributed by atoms with E-state index in [0.717, 1.165) is 31.4 Å². The maximum Gasteiger partial charge on any atom is 0.320 e. The second kappa shape index (κ2) is 31.9. The highest BCUT2D eigenvalue weighted by molar-refractivity contribution is 6.35. The number of nitrogens with zero attached hydrogens (tertiary/aromatic N) is 5. The number of quaternary nitrogens is 1. The molecular weight excluding hydrogens is 1260 g/mol. The van der Waals surface area contributed by atoms with Crippen molar-refractivity contribution < 1.29 is 90.2 Å². The number of hydrogen-bond donors (Lipinski definition) is 0. The summed E-state index contributed by atoms with van der Waals surface area (Å²) in [6, 6.07) is 3.54. The number of Topliss-reactive ketones (excluding diaryl/α,β-unsaturated/α-hetero) is 1. The van der Waals surface area contributed by atoms with Crippen LogP contribution in [-0.2, 0) is 77.8 Å². The van der Waals surface area contributed by atoms with E-state index in [1.54, 1.807) is 72.4 Å². The van der Waals surface area contributed by atoms with Gasteiger partial charge in [0.1, 0.15) is 23.5 Å². The Balaban J connectivity index is 1.18. The molecule has 3 unspecified atom stereocenters. The maximum absolute atomic E-state index is 16.3. The summed E-state index contributed by atoms with van der Waals surface area (Å²) in [4.78, 5) is 81.0. The molecule has 0 radical (unpaired) electrons. The number of morpholine rings is 1. The normalized spacial score (nSPS) is 36.2. The summed E-state index contributed by atoms with van der Waals surface area (Å²) < 4.78 is 82.8. The van der Waals surface area contributed by atoms with Gasteiger partial charge in [0, 0.05) is 116 Å². The number of esters is 3. The number of aromatic nitrogens is 1. The van der Waals surface area contributed by atoms with Gasteiger partial charge < -0.3 is 86.1 Å². The van der Waals surface area contributed by atoms with Gasteiger partial charge in [-0.25, -0.2) is 4.79 Å². The number of benzene rings is 1. The highest BCUT2D eigenvalue weighted by Crippen LogP contribution is 2.48. The Labute approximate surface area is 564 Å². The van der Waals surface area contributed by atoms with E-state index in [9.17, 15) is 14.4 Å². The van der Waals surface area contributed by atoms with E-state index in [2.05, 4.69) is 9.88 Å². The van der Waals surface area contributed by atoms with Crippen LogP contribution in [0.15, 0.2) is 30.6 Å². The van der Waals surface area contributed by atoms with Gasteiger partial charge in [-0.2, -0.15) is 0 Å². The minimum atomic E-state index is -1.52. The molecular formula is C68H103Cl2N5O19. The molecule has 6 aliphatic rings. The van der Waals surface area contributed by atoms with Crippen molar-refractivity contribution in [2.24, 2.45) is 23.7 Å². The molecule has 6 fully saturated rings. The minimum absolute atomic E-state index is 0.0148. The second-order valence-electron chi connectivity index (χ2n) is 27.5. The molecule has 19 atom stereocenters. The van der Waals surface area contributed by atoms with Gasteiger partial charge in [-0.15, -0.1) is 0 Å². The first-order chi connectivity index (χ1) is 44.4. The number of halogens is 2. The fourth-order valence-electron chi connectivity index (χ4n) is 15.6. The van der Waals surface area contributed by atoms with Crippen LogP contribution in [0.4, 0.5) is 10.5 Å². The fourth-order valence-corrected chi connectivity index (χ4v) is 16.1. The van der Waals surface area contributed by atoms with E-state index >= 15 is 14.8 Å². The van der Waals surface area contributed by atoms with E-state index < -0.39 is 130 Å². The number of pyridine rings is 1. The predicted octanol–water partition coefficient (Wildman–Crippen LogP) is 9.85. The molecule has 24 nitrogen and oxygen atoms in total. The molecule has 1 saturated carbocycles. The van der Waals surface area contributed by atoms with Crippen molar-refractivity contribution in [1.29, 1.82) is 0 Å². The summed E-state index contributed by atoms with van der Waals surface area (Å²) >= 11 is 13.6. The van der Waals surface area contributed by atoms with Crippen LogP contribution in [0.25, 0.3) is 0 Å². The first-order valence-corrected chi connectivity index (χ1v) is 34.2. The molecule has 5 saturated heterocycles. The number of fused-ring (bicyclic) bond motifs is 1. The van der Waals surface area contributed by atoms with E-state index in [1.807, 2.05) is 39.0 Å². The lowest BCUT2D eigenvalue weighted by atomic mass is 9.72. The van der Waals surface area contributed by atoms with Crippen LogP contribution in [-0.4, -0.2) is 214 Å². The summed E-state index contributed by atoms with van der Waals surface area (Å²) in [7, 11) is 6.26. The lowest BCUT2D eigenvalue weighted by Gasteiger charge is -2.51. The topological polar surface area (TPSA) is 251 Å². The number of carbonyl (C=O) groups excluding carboxylic acids is 5. The third-order valence-electron chi connectivity index (χ3n) is 20.7. The van der Waals surface area contributed by atoms with Gasteiger partial charge in [0.15, 0.2) is 48.6 Å². The monoisotopic (exact) mass is 1360 g/mol. The number of ketones is 1. The Hall–Kier alpha value is -4.70. The van der Waals surface area contributed by atoms with Crippen molar-refractivity contribution in [1.82, 2.24) is 14.8 Å². The first kappa shape index (κ1) is 75.1. The molecule has 1 aromatic heterocycles. The van der Waals surface area contributed by atoms with Crippen molar-refractivity contribution in [2.45, 2.75) is 238 Å². The summed E-state index contributed by atoms with van der Waals surface area (Å²) in [5.74, 6) is -4.93. The van der Waals surface area contributed by atoms with Crippen molar-refractivity contribution in [2.75, 3.05) is 79.4 Å². The molecule has 2 aromatic rings. The zero-order valence-corrected chi connectivity index (χ0v) is 59.4. The molecule has 1 aromatic carbocycles. The van der Waals surface area contributed by atoms with Gasteiger partial charge >= 0.3 is 23.9 Å². The minimum Gasteiger partial charge on any atom is -0.631 e. The number of urea groups is 1. The molecule has 1 aliphatic carbocycles. The van der Waals surface area contributed by atoms with Crippen molar-refractivity contribution in [3.05, 3.63) is 51.4 Å². The number of carbonyl (C=O) groups is 5. The maximum atomic E-state index is 16.3. The highest BCUT2D eigenvalue weighted by Gasteiger charge is 2.63. The van der Waals surface area contributed by atoms with Crippen LogP contribution >= 0.6 is 23.2 Å². The number of rotatable bonds is 20. The molecule has 528 valence electrons. The van der Waals surface area contributed by atoms with E-state index in [4.69, 9.17) is 84.8 Å². The predicted molar refractivity (Wildman–Crippen MR) is 348 cm³/mol. The van der Waals surface area contributed by atoms with Gasteiger partial charge in [-0.05, 0) is 106 Å². The van der Waals surface area contributed by atoms with E-state index in [1.165, 1.54) is 40.5 Å². The zero-order valence-electron chi connectivity index (χ0n) is 57.9. The number of hydroxylamine groups is 3. The van der Waals surface area contributed by atoms with Crippen LogP contribution in [0.1, 0.15) is 146 Å². The van der Waals surface area contributed by atoms with Gasteiger partial charge in [-0.1, -0.05) is 44.0 Å². The average molecular weight is 1370 g/mol. The van der Waals surface area contributed by atoms with Crippen molar-refractivity contribution in [3.8, 4) is 11.5 Å². The number of hydrogen-bond acceptors (Lipinski definition) is 21. The quantitative estimate of drug-likeness (QED) is 0.0517. The lowest BCUT2D eigenvalue weighted by molar-refractivity contribution is -0.904. The summed E-state index contributed by atoms with van der Waals surface area (Å²) in [6.45, 7) is 22.0. The highest BCUT2D eigenvalue weighted by atomic mass is 35.5. The number of amides is 2. The molecule has 5 aliphatic heterocycles. The number of ether oxygens (including phenoxy) is 13. The number of likely N-dealkylation sites (N-methyl/N-ethyl adjacent to an activating group) is 1. The molecule has 94 heavy (non-hydrogen) atoms. The molecule has 0 bridgehead atoms. The molecule has 0 N–H and O–H groups in total. The van der Waals surface area contributed by atoms with Gasteiger partial charge in [0.05, 0.1) is 90.9 Å². The molecule has 6 heterocycles. The number of anilines is 1. The fraction of sp³-hybridized carbons (Fsp3) is 0.765. The Bertz CT molecular complexity index is 2910. The average Bonchev–Trinajstić information content (AvgIpc) is 1.54. The zero-order chi connectivity index (χ0) is 68.8. The summed E-state index contributed by atoms with van der Waals surface area (Å²) in [6.07, 6.45) is -1.44. The smallest absolute Gasteiger partial charge is 0.320 e.